The van der Waals surface area contributed by atoms with Crippen molar-refractivity contribution < 1.29 is 0 Å². The van der Waals surface area contributed by atoms with Gasteiger partial charge in [0.05, 0.1) is 40.7 Å². The van der Waals surface area contributed by atoms with E-state index in [1.807, 2.05) is 30.5 Å². The lowest BCUT2D eigenvalue weighted by atomic mass is 10.0. The maximum atomic E-state index is 6.66. The molecule has 1 aliphatic heterocycles. The lowest BCUT2D eigenvalue weighted by molar-refractivity contribution is 0.142. The SMILES string of the molecule is C=C(c1ccc2c(Cl)cc(-c3ccc4[nH]ncc4c3)nc2c1)N1CCN(C(=C)CCC)C(N)C1. The number of hydrogen-bond acceptors (Lipinski definition) is 5. The predicted molar refractivity (Wildman–Crippen MR) is 141 cm³/mol. The van der Waals surface area contributed by atoms with Crippen LogP contribution in [0.3, 0.4) is 0 Å². The summed E-state index contributed by atoms with van der Waals surface area (Å²) in [5.41, 5.74) is 13.2. The largest absolute Gasteiger partial charge is 0.366 e. The maximum absolute atomic E-state index is 6.66. The maximum Gasteiger partial charge on any atom is 0.0946 e. The van der Waals surface area contributed by atoms with Crippen LogP contribution in [0.5, 0.6) is 0 Å². The first-order valence-electron chi connectivity index (χ1n) is 11.6. The van der Waals surface area contributed by atoms with Gasteiger partial charge in [0.1, 0.15) is 0 Å². The summed E-state index contributed by atoms with van der Waals surface area (Å²) >= 11 is 6.66. The predicted octanol–water partition coefficient (Wildman–Crippen LogP) is 5.62. The lowest BCUT2D eigenvalue weighted by Crippen LogP contribution is -2.55. The van der Waals surface area contributed by atoms with Gasteiger partial charge in [0, 0.05) is 40.8 Å². The Kier molecular flexibility index (Phi) is 6.02. The second kappa shape index (κ2) is 9.12. The molecule has 0 saturated carbocycles. The van der Waals surface area contributed by atoms with Crippen LogP contribution in [0.2, 0.25) is 5.02 Å². The zero-order valence-electron chi connectivity index (χ0n) is 19.4. The molecule has 0 amide bonds. The van der Waals surface area contributed by atoms with Crippen molar-refractivity contribution in [3.8, 4) is 11.3 Å². The summed E-state index contributed by atoms with van der Waals surface area (Å²) in [4.78, 5) is 9.41. The first-order valence-corrected chi connectivity index (χ1v) is 12.0. The second-order valence-electron chi connectivity index (χ2n) is 8.86. The van der Waals surface area contributed by atoms with E-state index in [2.05, 4.69) is 58.3 Å². The van der Waals surface area contributed by atoms with Gasteiger partial charge in [-0.3, -0.25) is 5.10 Å². The summed E-state index contributed by atoms with van der Waals surface area (Å²) in [7, 11) is 0. The molecule has 1 unspecified atom stereocenters. The number of rotatable bonds is 6. The fourth-order valence-corrected chi connectivity index (χ4v) is 4.94. The number of nitrogens with two attached hydrogens (primary N) is 1. The Balaban J connectivity index is 1.42. The number of nitrogens with zero attached hydrogens (tertiary/aromatic N) is 4. The monoisotopic (exact) mass is 472 g/mol. The molecule has 1 fully saturated rings. The number of benzene rings is 2. The first kappa shape index (κ1) is 22.4. The number of pyridine rings is 1. The van der Waals surface area contributed by atoms with Crippen molar-refractivity contribution in [3.05, 3.63) is 78.1 Å². The molecule has 0 spiro atoms. The Morgan fingerprint density at radius 3 is 2.82 bits per heavy atom. The molecule has 0 radical (unpaired) electrons. The molecule has 3 N–H and O–H groups in total. The molecule has 6 nitrogen and oxygen atoms in total. The smallest absolute Gasteiger partial charge is 0.0946 e. The van der Waals surface area contributed by atoms with Crippen molar-refractivity contribution in [2.45, 2.75) is 25.9 Å². The molecule has 5 rings (SSSR count). The number of H-pyrrole nitrogens is 1. The Labute approximate surface area is 204 Å². The molecule has 1 atom stereocenters. The summed E-state index contributed by atoms with van der Waals surface area (Å²) in [6, 6.07) is 14.2. The third-order valence-corrected chi connectivity index (χ3v) is 6.89. The van der Waals surface area contributed by atoms with Gasteiger partial charge in [-0.2, -0.15) is 5.10 Å². The number of allylic oxidation sites excluding steroid dienone is 1. The van der Waals surface area contributed by atoms with Gasteiger partial charge < -0.3 is 15.5 Å². The summed E-state index contributed by atoms with van der Waals surface area (Å²) < 4.78 is 0. The Morgan fingerprint density at radius 2 is 2.03 bits per heavy atom. The molecule has 34 heavy (non-hydrogen) atoms. The molecule has 1 saturated heterocycles. The highest BCUT2D eigenvalue weighted by atomic mass is 35.5. The van der Waals surface area contributed by atoms with Gasteiger partial charge in [0.15, 0.2) is 0 Å². The molecule has 174 valence electrons. The van der Waals surface area contributed by atoms with Crippen molar-refractivity contribution in [1.82, 2.24) is 25.0 Å². The van der Waals surface area contributed by atoms with Gasteiger partial charge in [-0.25, -0.2) is 4.98 Å². The van der Waals surface area contributed by atoms with Crippen molar-refractivity contribution in [3.63, 3.8) is 0 Å². The van der Waals surface area contributed by atoms with Crippen LogP contribution < -0.4 is 5.73 Å². The highest BCUT2D eigenvalue weighted by Crippen LogP contribution is 2.32. The molecular formula is C27H29ClN6. The van der Waals surface area contributed by atoms with E-state index < -0.39 is 0 Å². The normalized spacial score (nSPS) is 16.4. The summed E-state index contributed by atoms with van der Waals surface area (Å²) in [5, 5.41) is 9.72. The number of aromatic amines is 1. The van der Waals surface area contributed by atoms with E-state index >= 15 is 0 Å². The van der Waals surface area contributed by atoms with E-state index in [0.717, 1.165) is 76.0 Å². The highest BCUT2D eigenvalue weighted by molar-refractivity contribution is 6.35. The van der Waals surface area contributed by atoms with Crippen LogP contribution in [0.25, 0.3) is 38.8 Å². The van der Waals surface area contributed by atoms with Crippen LogP contribution >= 0.6 is 11.6 Å². The van der Waals surface area contributed by atoms with Crippen LogP contribution in [-0.4, -0.2) is 50.8 Å². The zero-order valence-corrected chi connectivity index (χ0v) is 20.1. The van der Waals surface area contributed by atoms with Gasteiger partial charge in [-0.1, -0.05) is 56.3 Å². The average Bonchev–Trinajstić information content (AvgIpc) is 3.31. The molecule has 0 aliphatic carbocycles. The average molecular weight is 473 g/mol. The Hall–Kier alpha value is -3.35. The quantitative estimate of drug-likeness (QED) is 0.381. The van der Waals surface area contributed by atoms with E-state index in [0.29, 0.717) is 11.6 Å². The van der Waals surface area contributed by atoms with E-state index in [1.54, 1.807) is 0 Å². The minimum atomic E-state index is -0.0954. The highest BCUT2D eigenvalue weighted by Gasteiger charge is 2.26. The van der Waals surface area contributed by atoms with Crippen molar-refractivity contribution in [2.24, 2.45) is 5.73 Å². The molecule has 0 bridgehead atoms. The molecular weight excluding hydrogens is 444 g/mol. The molecule has 7 heteroatoms. The number of halogens is 1. The van der Waals surface area contributed by atoms with Gasteiger partial charge in [-0.05, 0) is 36.2 Å². The number of piperazine rings is 1. The minimum absolute atomic E-state index is 0.0954. The van der Waals surface area contributed by atoms with Crippen molar-refractivity contribution in [1.29, 1.82) is 0 Å². The van der Waals surface area contributed by atoms with Crippen LogP contribution in [-0.2, 0) is 0 Å². The second-order valence-corrected chi connectivity index (χ2v) is 9.27. The van der Waals surface area contributed by atoms with Crippen molar-refractivity contribution >= 4 is 39.1 Å². The van der Waals surface area contributed by atoms with Gasteiger partial charge in [0.25, 0.3) is 0 Å². The van der Waals surface area contributed by atoms with Crippen LogP contribution in [0, 0.1) is 0 Å². The van der Waals surface area contributed by atoms with Gasteiger partial charge >= 0.3 is 0 Å². The van der Waals surface area contributed by atoms with E-state index in [-0.39, 0.29) is 6.17 Å². The Bertz CT molecular complexity index is 1390. The topological polar surface area (TPSA) is 74.1 Å². The van der Waals surface area contributed by atoms with Crippen LogP contribution in [0.1, 0.15) is 25.3 Å². The van der Waals surface area contributed by atoms with Gasteiger partial charge in [-0.15, -0.1) is 0 Å². The molecule has 2 aromatic heterocycles. The summed E-state index contributed by atoms with van der Waals surface area (Å²) in [5.74, 6) is 0. The number of hydrogen-bond donors (Lipinski definition) is 2. The van der Waals surface area contributed by atoms with Gasteiger partial charge in [0.2, 0.25) is 0 Å². The van der Waals surface area contributed by atoms with Crippen LogP contribution in [0.15, 0.2) is 67.5 Å². The standard InChI is InChI=1S/C27H29ClN6/c1-4-5-17(2)34-11-10-33(16-27(34)29)18(3)19-6-8-22-23(28)14-25(31-26(22)13-19)20-7-9-24-21(12-20)15-30-32-24/h6-9,12-15,27H,2-5,10-11,16,29H2,1H3,(H,30,32). The number of aromatic nitrogens is 3. The third kappa shape index (κ3) is 4.15. The molecule has 4 aromatic rings. The first-order chi connectivity index (χ1) is 16.4. The molecule has 3 heterocycles. The van der Waals surface area contributed by atoms with E-state index in [9.17, 15) is 0 Å². The third-order valence-electron chi connectivity index (χ3n) is 6.57. The lowest BCUT2D eigenvalue weighted by Gasteiger charge is -2.43. The van der Waals surface area contributed by atoms with Crippen molar-refractivity contribution in [2.75, 3.05) is 19.6 Å². The number of fused-ring (bicyclic) bond motifs is 2. The fraction of sp³-hybridized carbons (Fsp3) is 0.259. The molecule has 2 aromatic carbocycles. The molecule has 1 aliphatic rings. The summed E-state index contributed by atoms with van der Waals surface area (Å²) in [6.07, 6.45) is 3.76. The Morgan fingerprint density at radius 1 is 1.18 bits per heavy atom. The fourth-order valence-electron chi connectivity index (χ4n) is 4.68. The zero-order chi connectivity index (χ0) is 23.8. The van der Waals surface area contributed by atoms with Crippen LogP contribution in [0.4, 0.5) is 0 Å². The number of nitrogens with one attached hydrogen (secondary N) is 1. The summed E-state index contributed by atoms with van der Waals surface area (Å²) in [6.45, 7) is 13.2. The van der Waals surface area contributed by atoms with E-state index in [4.69, 9.17) is 22.3 Å². The van der Waals surface area contributed by atoms with E-state index in [1.165, 1.54) is 0 Å². The minimum Gasteiger partial charge on any atom is -0.366 e.